The van der Waals surface area contributed by atoms with Crippen LogP contribution in [-0.2, 0) is 0 Å². The number of nitrogens with one attached hydrogen (secondary N) is 1. The lowest BCUT2D eigenvalue weighted by molar-refractivity contribution is 0.959. The van der Waals surface area contributed by atoms with Crippen molar-refractivity contribution in [1.29, 1.82) is 0 Å². The molecule has 1 heterocycles. The van der Waals surface area contributed by atoms with Gasteiger partial charge in [0.1, 0.15) is 11.0 Å². The van der Waals surface area contributed by atoms with E-state index < -0.39 is 0 Å². The highest BCUT2D eigenvalue weighted by Gasteiger charge is 2.00. The van der Waals surface area contributed by atoms with Crippen molar-refractivity contribution in [3.63, 3.8) is 0 Å². The molecule has 0 aliphatic carbocycles. The minimum absolute atomic E-state index is 0.534. The summed E-state index contributed by atoms with van der Waals surface area (Å²) < 4.78 is 0. The Labute approximate surface area is 62.4 Å². The van der Waals surface area contributed by atoms with E-state index in [-0.39, 0.29) is 0 Å². The Hall–Kier alpha value is -1.78. The van der Waals surface area contributed by atoms with E-state index in [1.54, 1.807) is 12.1 Å². The Morgan fingerprint density at radius 3 is 1.91 bits per heavy atom. The number of hydrogen-bond acceptors (Lipinski definition) is 4. The zero-order chi connectivity index (χ0) is 7.84. The van der Waals surface area contributed by atoms with E-state index in [1.807, 2.05) is 0 Å². The predicted molar refractivity (Wildman–Crippen MR) is 42.7 cm³/mol. The molecule has 5 N–H and O–H groups in total. The molecule has 0 unspecified atom stereocenters. The largest absolute Gasteiger partial charge is 0.397 e. The second-order valence-corrected chi connectivity index (χ2v) is 2.29. The zero-order valence-electron chi connectivity index (χ0n) is 5.70. The van der Waals surface area contributed by atoms with Gasteiger partial charge in [0.2, 0.25) is 0 Å². The molecule has 0 saturated carbocycles. The van der Waals surface area contributed by atoms with Crippen molar-refractivity contribution in [3.05, 3.63) is 12.1 Å². The summed E-state index contributed by atoms with van der Waals surface area (Å²) >= 11 is 0. The van der Waals surface area contributed by atoms with Crippen LogP contribution in [0.1, 0.15) is 0 Å². The van der Waals surface area contributed by atoms with Crippen molar-refractivity contribution >= 4 is 22.4 Å². The molecule has 0 spiro atoms. The number of hydrogen-bond donors (Lipinski definition) is 3. The minimum atomic E-state index is 0.534. The van der Waals surface area contributed by atoms with Crippen LogP contribution in [0.3, 0.4) is 0 Å². The summed E-state index contributed by atoms with van der Waals surface area (Å²) in [4.78, 5) is 0. The van der Waals surface area contributed by atoms with E-state index in [4.69, 9.17) is 11.5 Å². The fraction of sp³-hybridized carbons (Fsp3) is 0. The number of benzene rings is 1. The highest BCUT2D eigenvalue weighted by Crippen LogP contribution is 2.19. The van der Waals surface area contributed by atoms with Crippen LogP contribution in [0.25, 0.3) is 11.0 Å². The average Bonchev–Trinajstić information content (AvgIpc) is 2.36. The molecular weight excluding hydrogens is 142 g/mol. The molecule has 2 aromatic rings. The van der Waals surface area contributed by atoms with Crippen LogP contribution in [0.2, 0.25) is 0 Å². The van der Waals surface area contributed by atoms with Crippen LogP contribution < -0.4 is 11.5 Å². The number of nitrogens with two attached hydrogens (primary N) is 2. The van der Waals surface area contributed by atoms with Crippen molar-refractivity contribution in [3.8, 4) is 0 Å². The molecular formula is C6H7N5. The molecule has 0 atom stereocenters. The molecule has 0 radical (unpaired) electrons. The molecule has 1 aromatic heterocycles. The topological polar surface area (TPSA) is 93.6 Å². The van der Waals surface area contributed by atoms with E-state index in [0.29, 0.717) is 11.4 Å². The van der Waals surface area contributed by atoms with Gasteiger partial charge in [0.25, 0.3) is 0 Å². The number of fused-ring (bicyclic) bond motifs is 1. The lowest BCUT2D eigenvalue weighted by atomic mass is 10.2. The van der Waals surface area contributed by atoms with Crippen molar-refractivity contribution in [2.45, 2.75) is 0 Å². The smallest absolute Gasteiger partial charge is 0.115 e. The van der Waals surface area contributed by atoms with Gasteiger partial charge in [-0.3, -0.25) is 0 Å². The van der Waals surface area contributed by atoms with Crippen LogP contribution in [-0.4, -0.2) is 15.4 Å². The quantitative estimate of drug-likeness (QED) is 0.464. The second kappa shape index (κ2) is 1.85. The predicted octanol–water partition coefficient (Wildman–Crippen LogP) is 0.122. The Morgan fingerprint density at radius 2 is 1.45 bits per heavy atom. The van der Waals surface area contributed by atoms with Gasteiger partial charge in [-0.1, -0.05) is 0 Å². The zero-order valence-corrected chi connectivity index (χ0v) is 5.70. The molecule has 0 amide bonds. The molecule has 2 rings (SSSR count). The Morgan fingerprint density at radius 1 is 1.00 bits per heavy atom. The number of rotatable bonds is 0. The maximum absolute atomic E-state index is 5.54. The van der Waals surface area contributed by atoms with Gasteiger partial charge in [-0.15, -0.1) is 0 Å². The number of nitrogens with zero attached hydrogens (tertiary/aromatic N) is 2. The van der Waals surface area contributed by atoms with Gasteiger partial charge in [-0.2, -0.15) is 15.4 Å². The maximum Gasteiger partial charge on any atom is 0.115 e. The standard InChI is InChI=1S/C6H7N5/c7-3-1-5-6(2-4(3)8)10-11-9-5/h1-2H,7-8H2,(H,9,10,11). The summed E-state index contributed by atoms with van der Waals surface area (Å²) in [7, 11) is 0. The lowest BCUT2D eigenvalue weighted by Crippen LogP contribution is -1.93. The molecule has 0 saturated heterocycles. The Balaban J connectivity index is 2.86. The number of anilines is 2. The van der Waals surface area contributed by atoms with Crippen LogP contribution in [0, 0.1) is 0 Å². The summed E-state index contributed by atoms with van der Waals surface area (Å²) in [5.41, 5.74) is 13.6. The lowest BCUT2D eigenvalue weighted by Gasteiger charge is -1.96. The minimum Gasteiger partial charge on any atom is -0.397 e. The van der Waals surface area contributed by atoms with E-state index >= 15 is 0 Å². The third-order valence-electron chi connectivity index (χ3n) is 1.52. The maximum atomic E-state index is 5.54. The molecule has 0 fully saturated rings. The molecule has 5 nitrogen and oxygen atoms in total. The fourth-order valence-corrected chi connectivity index (χ4v) is 0.921. The summed E-state index contributed by atoms with van der Waals surface area (Å²) in [5, 5.41) is 10.2. The highest BCUT2D eigenvalue weighted by atomic mass is 15.3. The third kappa shape index (κ3) is 0.778. The first-order valence-corrected chi connectivity index (χ1v) is 3.13. The molecule has 11 heavy (non-hydrogen) atoms. The number of nitrogen functional groups attached to an aromatic ring is 2. The van der Waals surface area contributed by atoms with Gasteiger partial charge >= 0.3 is 0 Å². The van der Waals surface area contributed by atoms with Gasteiger partial charge in [0, 0.05) is 0 Å². The summed E-state index contributed by atoms with van der Waals surface area (Å²) in [5.74, 6) is 0. The van der Waals surface area contributed by atoms with Crippen LogP contribution in [0.4, 0.5) is 11.4 Å². The average molecular weight is 149 g/mol. The summed E-state index contributed by atoms with van der Waals surface area (Å²) in [6.45, 7) is 0. The summed E-state index contributed by atoms with van der Waals surface area (Å²) in [6.07, 6.45) is 0. The molecule has 0 aliphatic heterocycles. The van der Waals surface area contributed by atoms with Crippen molar-refractivity contribution in [2.75, 3.05) is 11.5 Å². The molecule has 1 aromatic carbocycles. The first-order valence-electron chi connectivity index (χ1n) is 3.13. The van der Waals surface area contributed by atoms with Crippen molar-refractivity contribution < 1.29 is 0 Å². The Bertz CT molecular complexity index is 355. The first-order chi connectivity index (χ1) is 5.27. The third-order valence-corrected chi connectivity index (χ3v) is 1.52. The number of H-pyrrole nitrogens is 1. The molecule has 56 valence electrons. The van der Waals surface area contributed by atoms with E-state index in [9.17, 15) is 0 Å². The second-order valence-electron chi connectivity index (χ2n) is 2.29. The van der Waals surface area contributed by atoms with Crippen LogP contribution >= 0.6 is 0 Å². The molecule has 5 heteroatoms. The van der Waals surface area contributed by atoms with E-state index in [0.717, 1.165) is 11.0 Å². The van der Waals surface area contributed by atoms with Gasteiger partial charge in [0.15, 0.2) is 0 Å². The fourth-order valence-electron chi connectivity index (χ4n) is 0.921. The van der Waals surface area contributed by atoms with E-state index in [1.165, 1.54) is 0 Å². The highest BCUT2D eigenvalue weighted by molar-refractivity contribution is 5.84. The first kappa shape index (κ1) is 5.96. The van der Waals surface area contributed by atoms with Gasteiger partial charge in [-0.25, -0.2) is 0 Å². The number of aromatic nitrogens is 3. The normalized spacial score (nSPS) is 10.5. The van der Waals surface area contributed by atoms with Gasteiger partial charge in [-0.05, 0) is 12.1 Å². The van der Waals surface area contributed by atoms with Crippen LogP contribution in [0.15, 0.2) is 12.1 Å². The van der Waals surface area contributed by atoms with Crippen molar-refractivity contribution in [2.24, 2.45) is 0 Å². The number of aromatic amines is 1. The SMILES string of the molecule is Nc1cc2n[nH]nc2cc1N. The van der Waals surface area contributed by atoms with Gasteiger partial charge < -0.3 is 11.5 Å². The van der Waals surface area contributed by atoms with Crippen molar-refractivity contribution in [1.82, 2.24) is 15.4 Å². The monoisotopic (exact) mass is 149 g/mol. The van der Waals surface area contributed by atoms with Gasteiger partial charge in [0.05, 0.1) is 11.4 Å². The molecule has 0 aliphatic rings. The summed E-state index contributed by atoms with van der Waals surface area (Å²) in [6, 6.07) is 3.38. The van der Waals surface area contributed by atoms with E-state index in [2.05, 4.69) is 15.4 Å². The van der Waals surface area contributed by atoms with Crippen LogP contribution in [0.5, 0.6) is 0 Å². The Kier molecular flexibility index (Phi) is 1.00. The molecule has 0 bridgehead atoms.